The second kappa shape index (κ2) is 16.0. The van der Waals surface area contributed by atoms with Gasteiger partial charge in [-0.15, -0.1) is 0 Å². The van der Waals surface area contributed by atoms with Crippen molar-refractivity contribution in [1.29, 1.82) is 0 Å². The average Bonchev–Trinajstić information content (AvgIpc) is 3.20. The van der Waals surface area contributed by atoms with Gasteiger partial charge in [0, 0.05) is 23.5 Å². The highest BCUT2D eigenvalue weighted by atomic mass is 14.7. The summed E-state index contributed by atoms with van der Waals surface area (Å²) >= 11 is 0. The van der Waals surface area contributed by atoms with Crippen molar-refractivity contribution in [3.63, 3.8) is 0 Å². The SMILES string of the molecule is C(=Cc1ccccc1/C=C(\c1ccccc1)c1ccccn1)c1ccccc1C=Cc1ccccc1/C=C(\c1ccccc1)c1ccccn1. The lowest BCUT2D eigenvalue weighted by Crippen LogP contribution is -1.92. The van der Waals surface area contributed by atoms with Crippen molar-refractivity contribution in [3.8, 4) is 0 Å². The van der Waals surface area contributed by atoms with E-state index in [2.05, 4.69) is 180 Å². The van der Waals surface area contributed by atoms with E-state index in [0.717, 1.165) is 67.0 Å². The van der Waals surface area contributed by atoms with E-state index in [0.29, 0.717) is 0 Å². The Labute approximate surface area is 294 Å². The van der Waals surface area contributed by atoms with Crippen molar-refractivity contribution in [2.45, 2.75) is 0 Å². The Hall–Kier alpha value is -6.64. The molecule has 0 amide bonds. The Bertz CT molecular complexity index is 2030. The number of hydrogen-bond acceptors (Lipinski definition) is 2. The normalized spacial score (nSPS) is 12.1. The minimum atomic E-state index is 0.944. The molecule has 2 aromatic heterocycles. The van der Waals surface area contributed by atoms with Crippen molar-refractivity contribution >= 4 is 47.6 Å². The molecule has 0 aliphatic carbocycles. The zero-order chi connectivity index (χ0) is 33.8. The monoisotopic (exact) mass is 640 g/mol. The van der Waals surface area contributed by atoms with Gasteiger partial charge in [-0.3, -0.25) is 9.97 Å². The van der Waals surface area contributed by atoms with Gasteiger partial charge in [-0.1, -0.05) is 170 Å². The van der Waals surface area contributed by atoms with Crippen LogP contribution >= 0.6 is 0 Å². The molecular weight excluding hydrogens is 605 g/mol. The van der Waals surface area contributed by atoms with Crippen LogP contribution in [0.15, 0.2) is 182 Å². The molecule has 7 aromatic rings. The van der Waals surface area contributed by atoms with Crippen LogP contribution in [-0.2, 0) is 0 Å². The predicted molar refractivity (Wildman–Crippen MR) is 212 cm³/mol. The largest absolute Gasteiger partial charge is 0.256 e. The molecule has 2 nitrogen and oxygen atoms in total. The molecule has 0 bridgehead atoms. The molecule has 238 valence electrons. The lowest BCUT2D eigenvalue weighted by atomic mass is 9.96. The van der Waals surface area contributed by atoms with Crippen LogP contribution in [0.5, 0.6) is 0 Å². The lowest BCUT2D eigenvalue weighted by Gasteiger charge is -2.10. The van der Waals surface area contributed by atoms with E-state index in [4.69, 9.17) is 0 Å². The number of nitrogens with zero attached hydrogens (tertiary/aromatic N) is 2. The third-order valence-corrected chi connectivity index (χ3v) is 8.52. The minimum absolute atomic E-state index is 0.944. The first-order valence-corrected chi connectivity index (χ1v) is 16.8. The van der Waals surface area contributed by atoms with Gasteiger partial charge in [-0.05, 0) is 80.9 Å². The molecule has 50 heavy (non-hydrogen) atoms. The molecule has 0 aliphatic rings. The van der Waals surface area contributed by atoms with Crippen molar-refractivity contribution in [2.24, 2.45) is 0 Å². The van der Waals surface area contributed by atoms with Crippen LogP contribution in [0.1, 0.15) is 55.9 Å². The van der Waals surface area contributed by atoms with E-state index in [-0.39, 0.29) is 0 Å². The molecule has 0 saturated heterocycles. The topological polar surface area (TPSA) is 25.8 Å². The van der Waals surface area contributed by atoms with E-state index < -0.39 is 0 Å². The Kier molecular flexibility index (Phi) is 10.2. The maximum Gasteiger partial charge on any atom is 0.0708 e. The molecule has 2 heterocycles. The minimum Gasteiger partial charge on any atom is -0.256 e. The molecule has 2 heteroatoms. The van der Waals surface area contributed by atoms with Gasteiger partial charge in [-0.2, -0.15) is 0 Å². The number of aromatic nitrogens is 2. The summed E-state index contributed by atoms with van der Waals surface area (Å²) in [5.74, 6) is 0. The van der Waals surface area contributed by atoms with Gasteiger partial charge in [0.2, 0.25) is 0 Å². The number of hydrogen-bond donors (Lipinski definition) is 0. The fraction of sp³-hybridized carbons (Fsp3) is 0. The summed E-state index contributed by atoms with van der Waals surface area (Å²) in [6.07, 6.45) is 17.0. The Balaban J connectivity index is 1.21. The van der Waals surface area contributed by atoms with Crippen LogP contribution in [0.4, 0.5) is 0 Å². The van der Waals surface area contributed by atoms with Crippen LogP contribution in [0.3, 0.4) is 0 Å². The van der Waals surface area contributed by atoms with E-state index in [1.807, 2.05) is 48.8 Å². The van der Waals surface area contributed by atoms with E-state index >= 15 is 0 Å². The molecular formula is C48H36N2. The summed E-state index contributed by atoms with van der Waals surface area (Å²) in [6, 6.07) is 58.5. The third-order valence-electron chi connectivity index (χ3n) is 8.52. The van der Waals surface area contributed by atoms with Gasteiger partial charge in [0.15, 0.2) is 0 Å². The van der Waals surface area contributed by atoms with Gasteiger partial charge in [0.05, 0.1) is 11.4 Å². The highest BCUT2D eigenvalue weighted by Gasteiger charge is 2.09. The number of rotatable bonds is 10. The number of benzene rings is 5. The second-order valence-electron chi connectivity index (χ2n) is 11.8. The Morgan fingerprint density at radius 2 is 0.600 bits per heavy atom. The smallest absolute Gasteiger partial charge is 0.0708 e. The molecule has 0 fully saturated rings. The van der Waals surface area contributed by atoms with Gasteiger partial charge in [-0.25, -0.2) is 0 Å². The van der Waals surface area contributed by atoms with Crippen molar-refractivity contribution in [3.05, 3.63) is 238 Å². The van der Waals surface area contributed by atoms with E-state index in [9.17, 15) is 0 Å². The van der Waals surface area contributed by atoms with Crippen molar-refractivity contribution in [2.75, 3.05) is 0 Å². The molecule has 0 N–H and O–H groups in total. The summed E-state index contributed by atoms with van der Waals surface area (Å²) in [7, 11) is 0. The molecule has 0 unspecified atom stereocenters. The fourth-order valence-corrected chi connectivity index (χ4v) is 5.96. The Morgan fingerprint density at radius 3 is 0.940 bits per heavy atom. The summed E-state index contributed by atoms with van der Waals surface area (Å²) in [5, 5.41) is 0. The molecule has 7 rings (SSSR count). The van der Waals surface area contributed by atoms with Gasteiger partial charge in [0.1, 0.15) is 0 Å². The van der Waals surface area contributed by atoms with Crippen molar-refractivity contribution < 1.29 is 0 Å². The molecule has 0 radical (unpaired) electrons. The van der Waals surface area contributed by atoms with E-state index in [1.165, 1.54) is 0 Å². The fourth-order valence-electron chi connectivity index (χ4n) is 5.96. The van der Waals surface area contributed by atoms with Gasteiger partial charge in [0.25, 0.3) is 0 Å². The zero-order valence-electron chi connectivity index (χ0n) is 27.7. The highest BCUT2D eigenvalue weighted by Crippen LogP contribution is 2.29. The molecule has 0 aliphatic heterocycles. The second-order valence-corrected chi connectivity index (χ2v) is 11.8. The number of pyridine rings is 2. The molecule has 0 atom stereocenters. The van der Waals surface area contributed by atoms with Gasteiger partial charge >= 0.3 is 0 Å². The average molecular weight is 641 g/mol. The molecule has 0 saturated carbocycles. The third kappa shape index (κ3) is 7.90. The zero-order valence-corrected chi connectivity index (χ0v) is 27.7. The first-order chi connectivity index (χ1) is 24.8. The Morgan fingerprint density at radius 1 is 0.300 bits per heavy atom. The maximum absolute atomic E-state index is 4.68. The van der Waals surface area contributed by atoms with Gasteiger partial charge < -0.3 is 0 Å². The standard InChI is InChI=1S/C48H36N2/c1-3-21-41(22-4-1)45(47-27-13-15-33-49-47)35-43-25-11-9-19-39(43)31-29-37-17-7-8-18-38(37)30-32-40-20-10-12-26-44(40)36-46(42-23-5-2-6-24-42)48-28-14-16-34-50-48/h1-36H/b31-29?,32-30?,45-35+,46-36+. The van der Waals surface area contributed by atoms with Crippen LogP contribution in [0, 0.1) is 0 Å². The summed E-state index contributed by atoms with van der Waals surface area (Å²) in [6.45, 7) is 0. The summed E-state index contributed by atoms with van der Waals surface area (Å²) in [4.78, 5) is 9.37. The van der Waals surface area contributed by atoms with Crippen LogP contribution < -0.4 is 0 Å². The molecule has 5 aromatic carbocycles. The first-order valence-electron chi connectivity index (χ1n) is 16.8. The van der Waals surface area contributed by atoms with E-state index in [1.54, 1.807) is 0 Å². The summed E-state index contributed by atoms with van der Waals surface area (Å²) in [5.41, 5.74) is 13.1. The first kappa shape index (κ1) is 31.9. The predicted octanol–water partition coefficient (Wildman–Crippen LogP) is 12.0. The lowest BCUT2D eigenvalue weighted by molar-refractivity contribution is 1.27. The maximum atomic E-state index is 4.68. The quantitative estimate of drug-likeness (QED) is 0.139. The molecule has 0 spiro atoms. The van der Waals surface area contributed by atoms with Crippen LogP contribution in [0.2, 0.25) is 0 Å². The summed E-state index contributed by atoms with van der Waals surface area (Å²) < 4.78 is 0. The van der Waals surface area contributed by atoms with Crippen LogP contribution in [-0.4, -0.2) is 9.97 Å². The van der Waals surface area contributed by atoms with Crippen molar-refractivity contribution in [1.82, 2.24) is 9.97 Å². The highest BCUT2D eigenvalue weighted by molar-refractivity contribution is 5.94. The van der Waals surface area contributed by atoms with Crippen LogP contribution in [0.25, 0.3) is 47.6 Å².